The molecule has 0 radical (unpaired) electrons. The van der Waals surface area contributed by atoms with E-state index in [1.807, 2.05) is 18.7 Å². The Balaban J connectivity index is 2.35. The van der Waals surface area contributed by atoms with Gasteiger partial charge >= 0.3 is 0 Å². The van der Waals surface area contributed by atoms with Crippen LogP contribution in [0.15, 0.2) is 0 Å². The van der Waals surface area contributed by atoms with Gasteiger partial charge in [-0.05, 0) is 32.6 Å². The van der Waals surface area contributed by atoms with Gasteiger partial charge in [-0.2, -0.15) is 0 Å². The third-order valence-electron chi connectivity index (χ3n) is 4.69. The van der Waals surface area contributed by atoms with E-state index < -0.39 is 11.1 Å². The minimum atomic E-state index is -0.666. The molecule has 1 aliphatic carbocycles. The molecule has 102 valence electrons. The summed E-state index contributed by atoms with van der Waals surface area (Å²) in [5.41, 5.74) is -1.25. The average Bonchev–Trinajstić information content (AvgIpc) is 2.82. The Bertz CT molecular complexity index is 361. The lowest BCUT2D eigenvalue weighted by Gasteiger charge is -2.50. The molecule has 1 N–H and O–H groups in total. The lowest BCUT2D eigenvalue weighted by atomic mass is 9.83. The molecule has 2 fully saturated rings. The van der Waals surface area contributed by atoms with E-state index in [0.717, 1.165) is 32.1 Å². The highest BCUT2D eigenvalue weighted by Crippen LogP contribution is 2.38. The van der Waals surface area contributed by atoms with Gasteiger partial charge in [0, 0.05) is 6.54 Å². The Morgan fingerprint density at radius 2 is 1.83 bits per heavy atom. The minimum absolute atomic E-state index is 0.0277. The van der Waals surface area contributed by atoms with Crippen LogP contribution in [0, 0.1) is 0 Å². The molecule has 0 aromatic carbocycles. The number of nitrogens with one attached hydrogen (secondary N) is 1. The molecule has 0 bridgehead atoms. The van der Waals surface area contributed by atoms with Crippen LogP contribution in [0.4, 0.5) is 0 Å². The third-order valence-corrected chi connectivity index (χ3v) is 4.69. The van der Waals surface area contributed by atoms with Gasteiger partial charge in [0.25, 0.3) is 0 Å². The van der Waals surface area contributed by atoms with Crippen molar-refractivity contribution in [1.82, 2.24) is 10.2 Å². The first-order valence-corrected chi connectivity index (χ1v) is 7.15. The molecule has 1 heterocycles. The molecule has 1 aliphatic heterocycles. The van der Waals surface area contributed by atoms with E-state index in [0.29, 0.717) is 13.0 Å². The molecule has 1 unspecified atom stereocenters. The zero-order valence-corrected chi connectivity index (χ0v) is 11.7. The van der Waals surface area contributed by atoms with Crippen LogP contribution in [-0.2, 0) is 9.59 Å². The quantitative estimate of drug-likeness (QED) is 0.833. The van der Waals surface area contributed by atoms with Crippen molar-refractivity contribution in [3.63, 3.8) is 0 Å². The number of amides is 2. The summed E-state index contributed by atoms with van der Waals surface area (Å²) in [5.74, 6) is 0.172. The molecule has 18 heavy (non-hydrogen) atoms. The summed E-state index contributed by atoms with van der Waals surface area (Å²) in [5, 5.41) is 3.04. The number of rotatable bonds is 3. The Morgan fingerprint density at radius 3 is 2.33 bits per heavy atom. The predicted molar refractivity (Wildman–Crippen MR) is 70.0 cm³/mol. The van der Waals surface area contributed by atoms with Gasteiger partial charge in [0.1, 0.15) is 11.1 Å². The molecule has 1 atom stereocenters. The SMILES string of the molecule is CCCN1C(=O)C2(CCCC2)NC(=O)C1(C)CC. The van der Waals surface area contributed by atoms with Gasteiger partial charge in [-0.3, -0.25) is 9.59 Å². The molecule has 1 spiro atoms. The summed E-state index contributed by atoms with van der Waals surface area (Å²) in [7, 11) is 0. The third kappa shape index (κ3) is 1.73. The maximum atomic E-state index is 12.8. The molecule has 0 aromatic rings. The molecular weight excluding hydrogens is 228 g/mol. The Labute approximate surface area is 109 Å². The summed E-state index contributed by atoms with van der Waals surface area (Å²) < 4.78 is 0. The van der Waals surface area contributed by atoms with Crippen molar-refractivity contribution >= 4 is 11.8 Å². The predicted octanol–water partition coefficient (Wildman–Crippen LogP) is 1.84. The van der Waals surface area contributed by atoms with Crippen LogP contribution >= 0.6 is 0 Å². The van der Waals surface area contributed by atoms with Crippen molar-refractivity contribution in [3.05, 3.63) is 0 Å². The minimum Gasteiger partial charge on any atom is -0.340 e. The molecule has 2 rings (SSSR count). The first kappa shape index (κ1) is 13.4. The van der Waals surface area contributed by atoms with Crippen LogP contribution in [-0.4, -0.2) is 34.3 Å². The Hall–Kier alpha value is -1.06. The maximum Gasteiger partial charge on any atom is 0.249 e. The number of hydrogen-bond donors (Lipinski definition) is 1. The lowest BCUT2D eigenvalue weighted by molar-refractivity contribution is -0.162. The van der Waals surface area contributed by atoms with Gasteiger partial charge in [0.15, 0.2) is 0 Å². The molecule has 4 heteroatoms. The second kappa shape index (κ2) is 4.56. The van der Waals surface area contributed by atoms with Crippen LogP contribution in [0.2, 0.25) is 0 Å². The fourth-order valence-electron chi connectivity index (χ4n) is 3.25. The van der Waals surface area contributed by atoms with Crippen molar-refractivity contribution in [3.8, 4) is 0 Å². The summed E-state index contributed by atoms with van der Waals surface area (Å²) in [6, 6.07) is 0. The summed E-state index contributed by atoms with van der Waals surface area (Å²) >= 11 is 0. The van der Waals surface area contributed by atoms with Crippen LogP contribution in [0.5, 0.6) is 0 Å². The largest absolute Gasteiger partial charge is 0.340 e. The van der Waals surface area contributed by atoms with Crippen LogP contribution in [0.25, 0.3) is 0 Å². The molecule has 1 saturated heterocycles. The monoisotopic (exact) mass is 252 g/mol. The molecular formula is C14H24N2O2. The van der Waals surface area contributed by atoms with Crippen LogP contribution in [0.3, 0.4) is 0 Å². The Kier molecular flexibility index (Phi) is 3.39. The van der Waals surface area contributed by atoms with Crippen molar-refractivity contribution in [2.24, 2.45) is 0 Å². The smallest absolute Gasteiger partial charge is 0.249 e. The second-order valence-corrected chi connectivity index (χ2v) is 5.83. The maximum absolute atomic E-state index is 12.8. The van der Waals surface area contributed by atoms with Gasteiger partial charge in [-0.1, -0.05) is 26.7 Å². The van der Waals surface area contributed by atoms with E-state index in [4.69, 9.17) is 0 Å². The summed E-state index contributed by atoms with van der Waals surface area (Å²) in [6.07, 6.45) is 5.24. The van der Waals surface area contributed by atoms with E-state index in [9.17, 15) is 9.59 Å². The highest BCUT2D eigenvalue weighted by atomic mass is 16.2. The molecule has 1 saturated carbocycles. The zero-order valence-electron chi connectivity index (χ0n) is 11.7. The van der Waals surface area contributed by atoms with Crippen molar-refractivity contribution in [1.29, 1.82) is 0 Å². The fraction of sp³-hybridized carbons (Fsp3) is 0.857. The van der Waals surface area contributed by atoms with E-state index >= 15 is 0 Å². The van der Waals surface area contributed by atoms with Crippen molar-refractivity contribution in [2.45, 2.75) is 70.4 Å². The number of carbonyl (C=O) groups excluding carboxylic acids is 2. The first-order valence-electron chi connectivity index (χ1n) is 7.15. The topological polar surface area (TPSA) is 49.4 Å². The van der Waals surface area contributed by atoms with Crippen LogP contribution < -0.4 is 5.32 Å². The van der Waals surface area contributed by atoms with Gasteiger partial charge in [0.05, 0.1) is 0 Å². The summed E-state index contributed by atoms with van der Waals surface area (Å²) in [4.78, 5) is 27.0. The average molecular weight is 252 g/mol. The van der Waals surface area contributed by atoms with E-state index in [-0.39, 0.29) is 11.8 Å². The molecule has 0 aromatic heterocycles. The fourth-order valence-corrected chi connectivity index (χ4v) is 3.25. The van der Waals surface area contributed by atoms with Gasteiger partial charge in [-0.25, -0.2) is 0 Å². The Morgan fingerprint density at radius 1 is 1.22 bits per heavy atom. The van der Waals surface area contributed by atoms with E-state index in [1.165, 1.54) is 0 Å². The molecule has 4 nitrogen and oxygen atoms in total. The van der Waals surface area contributed by atoms with E-state index in [2.05, 4.69) is 12.2 Å². The molecule has 2 amide bonds. The first-order chi connectivity index (χ1) is 8.50. The highest BCUT2D eigenvalue weighted by Gasteiger charge is 2.56. The van der Waals surface area contributed by atoms with Crippen molar-refractivity contribution < 1.29 is 9.59 Å². The normalized spacial score (nSPS) is 30.9. The van der Waals surface area contributed by atoms with Gasteiger partial charge < -0.3 is 10.2 Å². The number of nitrogens with zero attached hydrogens (tertiary/aromatic N) is 1. The number of hydrogen-bond acceptors (Lipinski definition) is 2. The van der Waals surface area contributed by atoms with Crippen molar-refractivity contribution in [2.75, 3.05) is 6.54 Å². The van der Waals surface area contributed by atoms with Crippen LogP contribution in [0.1, 0.15) is 59.3 Å². The number of piperazine rings is 1. The molecule has 2 aliphatic rings. The number of carbonyl (C=O) groups is 2. The zero-order chi connectivity index (χ0) is 13.4. The van der Waals surface area contributed by atoms with Gasteiger partial charge in [-0.15, -0.1) is 0 Å². The summed E-state index contributed by atoms with van der Waals surface area (Å²) in [6.45, 7) is 6.59. The lowest BCUT2D eigenvalue weighted by Crippen LogP contribution is -2.74. The standard InChI is InChI=1S/C14H24N2O2/c1-4-10-16-12(18)14(8-6-7-9-14)15-11(17)13(16,3)5-2/h4-10H2,1-3H3,(H,15,17). The van der Waals surface area contributed by atoms with E-state index in [1.54, 1.807) is 0 Å². The second-order valence-electron chi connectivity index (χ2n) is 5.83. The highest BCUT2D eigenvalue weighted by molar-refractivity contribution is 6.02. The van der Waals surface area contributed by atoms with Gasteiger partial charge in [0.2, 0.25) is 11.8 Å².